The molecule has 0 saturated heterocycles. The van der Waals surface area contributed by atoms with Gasteiger partial charge in [0.05, 0.1) is 5.69 Å². The van der Waals surface area contributed by atoms with Gasteiger partial charge >= 0.3 is 10.2 Å². The van der Waals surface area contributed by atoms with Crippen LogP contribution in [0.5, 0.6) is 0 Å². The van der Waals surface area contributed by atoms with Crippen molar-refractivity contribution < 1.29 is 8.42 Å². The van der Waals surface area contributed by atoms with E-state index < -0.39 is 10.2 Å². The molecule has 0 saturated carbocycles. The Morgan fingerprint density at radius 1 is 1.29 bits per heavy atom. The van der Waals surface area contributed by atoms with Crippen LogP contribution in [0.25, 0.3) is 0 Å². The molecule has 74 valence electrons. The molecular weight excluding hydrogens is 220 g/mol. The maximum atomic E-state index is 11.2. The molecule has 14 heavy (non-hydrogen) atoms. The van der Waals surface area contributed by atoms with Crippen molar-refractivity contribution in [2.24, 2.45) is 5.14 Å². The summed E-state index contributed by atoms with van der Waals surface area (Å²) in [6, 6.07) is 7.20. The van der Waals surface area contributed by atoms with Gasteiger partial charge in [0.15, 0.2) is 0 Å². The lowest BCUT2D eigenvalue weighted by Gasteiger charge is -2.22. The average molecular weight is 228 g/mol. The van der Waals surface area contributed by atoms with Gasteiger partial charge in [0.2, 0.25) is 0 Å². The summed E-state index contributed by atoms with van der Waals surface area (Å²) >= 11 is 1.47. The summed E-state index contributed by atoms with van der Waals surface area (Å²) in [4.78, 5) is 0.879. The summed E-state index contributed by atoms with van der Waals surface area (Å²) in [5.74, 6) is 0. The number of para-hydroxylation sites is 1. The number of hydrogen-bond acceptors (Lipinski definition) is 3. The molecule has 2 rings (SSSR count). The number of fused-ring (bicyclic) bond motifs is 1. The van der Waals surface area contributed by atoms with Crippen molar-refractivity contribution >= 4 is 27.7 Å². The Kier molecular flexibility index (Phi) is 2.26. The van der Waals surface area contributed by atoms with Gasteiger partial charge < -0.3 is 0 Å². The Bertz CT molecular complexity index is 482. The van der Waals surface area contributed by atoms with Gasteiger partial charge in [0, 0.05) is 11.1 Å². The van der Waals surface area contributed by atoms with Gasteiger partial charge in [-0.05, 0) is 17.5 Å². The molecule has 1 aromatic rings. The van der Waals surface area contributed by atoms with Crippen LogP contribution in [0.4, 0.5) is 5.69 Å². The van der Waals surface area contributed by atoms with E-state index >= 15 is 0 Å². The fourth-order valence-electron chi connectivity index (χ4n) is 1.20. The Morgan fingerprint density at radius 3 is 2.71 bits per heavy atom. The molecule has 0 bridgehead atoms. The minimum atomic E-state index is -3.71. The third-order valence-corrected chi connectivity index (χ3v) is 3.49. The minimum absolute atomic E-state index is 0.600. The van der Waals surface area contributed by atoms with Crippen molar-refractivity contribution in [1.82, 2.24) is 0 Å². The quantitative estimate of drug-likeness (QED) is 0.787. The fourth-order valence-corrected chi connectivity index (χ4v) is 2.77. The van der Waals surface area contributed by atoms with E-state index in [1.165, 1.54) is 18.0 Å². The molecule has 4 nitrogen and oxygen atoms in total. The van der Waals surface area contributed by atoms with E-state index in [1.807, 2.05) is 12.1 Å². The molecule has 2 N–H and O–H groups in total. The van der Waals surface area contributed by atoms with Gasteiger partial charge in [0.25, 0.3) is 0 Å². The normalized spacial score (nSPS) is 15.4. The van der Waals surface area contributed by atoms with Crippen LogP contribution in [0.2, 0.25) is 0 Å². The number of benzene rings is 1. The van der Waals surface area contributed by atoms with Crippen LogP contribution < -0.4 is 9.44 Å². The van der Waals surface area contributed by atoms with Crippen LogP contribution in [-0.4, -0.2) is 8.42 Å². The number of rotatable bonds is 1. The average Bonchev–Trinajstić information content (AvgIpc) is 2.15. The Hall–Kier alpha value is -0.980. The third kappa shape index (κ3) is 1.63. The first-order chi connectivity index (χ1) is 6.59. The molecule has 0 amide bonds. The molecule has 0 unspecified atom stereocenters. The smallest absolute Gasteiger partial charge is 0.232 e. The standard InChI is InChI=1S/C8H8N2O2S2/c9-14(11,12)10-5-6-13-8-4-2-1-3-7(8)10/h1-6H,(H2,9,11,12). The predicted molar refractivity (Wildman–Crippen MR) is 57.0 cm³/mol. The second-order valence-corrected chi connectivity index (χ2v) is 5.08. The Morgan fingerprint density at radius 2 is 2.00 bits per heavy atom. The number of hydrogen-bond donors (Lipinski definition) is 1. The van der Waals surface area contributed by atoms with Gasteiger partial charge in [-0.1, -0.05) is 23.9 Å². The third-order valence-electron chi connectivity index (χ3n) is 1.77. The van der Waals surface area contributed by atoms with E-state index in [0.717, 1.165) is 9.20 Å². The topological polar surface area (TPSA) is 63.4 Å². The van der Waals surface area contributed by atoms with Crippen LogP contribution in [0.3, 0.4) is 0 Å². The van der Waals surface area contributed by atoms with E-state index in [9.17, 15) is 8.42 Å². The van der Waals surface area contributed by atoms with Gasteiger partial charge in [0.1, 0.15) is 0 Å². The number of anilines is 1. The zero-order valence-corrected chi connectivity index (χ0v) is 8.75. The highest BCUT2D eigenvalue weighted by Crippen LogP contribution is 2.35. The maximum absolute atomic E-state index is 11.2. The summed E-state index contributed by atoms with van der Waals surface area (Å²) in [5.41, 5.74) is 0.600. The summed E-state index contributed by atoms with van der Waals surface area (Å²) in [6.45, 7) is 0. The number of nitrogens with two attached hydrogens (primary N) is 1. The molecule has 1 aliphatic heterocycles. The lowest BCUT2D eigenvalue weighted by Crippen LogP contribution is -2.33. The van der Waals surface area contributed by atoms with E-state index in [4.69, 9.17) is 5.14 Å². The van der Waals surface area contributed by atoms with E-state index in [-0.39, 0.29) is 0 Å². The van der Waals surface area contributed by atoms with Crippen LogP contribution in [0, 0.1) is 0 Å². The van der Waals surface area contributed by atoms with E-state index in [0.29, 0.717) is 5.69 Å². The van der Waals surface area contributed by atoms with Gasteiger partial charge in [-0.25, -0.2) is 9.44 Å². The minimum Gasteiger partial charge on any atom is -0.232 e. The summed E-state index contributed by atoms with van der Waals surface area (Å²) < 4.78 is 23.5. The number of nitrogens with zero attached hydrogens (tertiary/aromatic N) is 1. The first-order valence-electron chi connectivity index (χ1n) is 3.83. The molecule has 0 atom stereocenters. The lowest BCUT2D eigenvalue weighted by molar-refractivity contribution is 0.597. The SMILES string of the molecule is NS(=O)(=O)N1C=CSc2ccccc21. The van der Waals surface area contributed by atoms with Crippen LogP contribution >= 0.6 is 11.8 Å². The Balaban J connectivity index is 2.57. The molecule has 0 spiro atoms. The van der Waals surface area contributed by atoms with Crippen molar-refractivity contribution in [3.05, 3.63) is 35.9 Å². The zero-order valence-electron chi connectivity index (χ0n) is 7.12. The van der Waals surface area contributed by atoms with Crippen LogP contribution in [0.1, 0.15) is 0 Å². The monoisotopic (exact) mass is 228 g/mol. The van der Waals surface area contributed by atoms with E-state index in [1.54, 1.807) is 17.5 Å². The molecular formula is C8H8N2O2S2. The van der Waals surface area contributed by atoms with Crippen molar-refractivity contribution in [3.63, 3.8) is 0 Å². The molecule has 0 radical (unpaired) electrons. The highest BCUT2D eigenvalue weighted by molar-refractivity contribution is 8.02. The predicted octanol–water partition coefficient (Wildman–Crippen LogP) is 1.27. The van der Waals surface area contributed by atoms with Crippen molar-refractivity contribution in [2.45, 2.75) is 4.90 Å². The molecule has 1 aromatic carbocycles. The van der Waals surface area contributed by atoms with Crippen molar-refractivity contribution in [2.75, 3.05) is 4.31 Å². The highest BCUT2D eigenvalue weighted by atomic mass is 32.2. The Labute approximate surface area is 86.6 Å². The second kappa shape index (κ2) is 3.30. The second-order valence-electron chi connectivity index (χ2n) is 2.71. The van der Waals surface area contributed by atoms with Gasteiger partial charge in [-0.3, -0.25) is 0 Å². The van der Waals surface area contributed by atoms with E-state index in [2.05, 4.69) is 0 Å². The molecule has 0 aliphatic carbocycles. The van der Waals surface area contributed by atoms with Crippen molar-refractivity contribution in [3.8, 4) is 0 Å². The number of thioether (sulfide) groups is 1. The van der Waals surface area contributed by atoms with Crippen molar-refractivity contribution in [1.29, 1.82) is 0 Å². The zero-order chi connectivity index (χ0) is 10.2. The summed E-state index contributed by atoms with van der Waals surface area (Å²) in [7, 11) is -3.71. The first kappa shape index (κ1) is 9.57. The fraction of sp³-hybridized carbons (Fsp3) is 0. The maximum Gasteiger partial charge on any atom is 0.302 e. The molecule has 0 fully saturated rings. The molecule has 0 aromatic heterocycles. The van der Waals surface area contributed by atoms with Crippen LogP contribution in [0.15, 0.2) is 40.8 Å². The first-order valence-corrected chi connectivity index (χ1v) is 6.22. The molecule has 6 heteroatoms. The molecule has 1 heterocycles. The van der Waals surface area contributed by atoms with Gasteiger partial charge in [-0.2, -0.15) is 8.42 Å². The summed E-state index contributed by atoms with van der Waals surface area (Å²) in [5, 5.41) is 6.75. The largest absolute Gasteiger partial charge is 0.302 e. The molecule has 1 aliphatic rings. The van der Waals surface area contributed by atoms with Gasteiger partial charge in [-0.15, -0.1) is 0 Å². The highest BCUT2D eigenvalue weighted by Gasteiger charge is 2.20. The lowest BCUT2D eigenvalue weighted by atomic mass is 10.3. The summed E-state index contributed by atoms with van der Waals surface area (Å²) in [6.07, 6.45) is 1.45. The van der Waals surface area contributed by atoms with Crippen LogP contribution in [-0.2, 0) is 10.2 Å².